The molecule has 21 heavy (non-hydrogen) atoms. The van der Waals surface area contributed by atoms with E-state index in [0.717, 1.165) is 17.0 Å². The Bertz CT molecular complexity index is 579. The number of amides is 1. The first-order valence-electron chi connectivity index (χ1n) is 7.88. The summed E-state index contributed by atoms with van der Waals surface area (Å²) in [7, 11) is 0. The molecule has 0 aromatic carbocycles. The molecule has 118 valence electrons. The fraction of sp³-hybridized carbons (Fsp3) is 0.765. The van der Waals surface area contributed by atoms with E-state index in [1.165, 1.54) is 0 Å². The number of nitrogens with zero attached hydrogens (tertiary/aromatic N) is 3. The van der Waals surface area contributed by atoms with Crippen LogP contribution in [0, 0.1) is 6.92 Å². The van der Waals surface area contributed by atoms with Crippen LogP contribution in [0.3, 0.4) is 0 Å². The second kappa shape index (κ2) is 4.59. The lowest BCUT2D eigenvalue weighted by atomic mass is 9.77. The van der Waals surface area contributed by atoms with Crippen molar-refractivity contribution in [3.63, 3.8) is 0 Å². The molecular weight excluding hydrogens is 262 g/mol. The third-order valence-corrected chi connectivity index (χ3v) is 5.27. The van der Waals surface area contributed by atoms with Crippen molar-refractivity contribution in [3.8, 4) is 0 Å². The maximum absolute atomic E-state index is 13.1. The predicted molar refractivity (Wildman–Crippen MR) is 85.8 cm³/mol. The van der Waals surface area contributed by atoms with E-state index in [4.69, 9.17) is 5.10 Å². The van der Waals surface area contributed by atoms with Crippen LogP contribution < -0.4 is 0 Å². The highest BCUT2D eigenvalue weighted by Gasteiger charge is 2.53. The number of rotatable bonds is 2. The summed E-state index contributed by atoms with van der Waals surface area (Å²) in [6, 6.07) is 0.164. The number of hydrogen-bond acceptors (Lipinski definition) is 2. The molecule has 0 N–H and O–H groups in total. The van der Waals surface area contributed by atoms with Gasteiger partial charge in [0.05, 0.1) is 16.8 Å². The standard InChI is InChI=1S/C17H29N3O/c1-10(2)13-12(5)14-15(21)19(11(3)4)16(6,7)17(8,9)20(14)18-13/h10-11H,1-9H3. The Morgan fingerprint density at radius 3 is 1.95 bits per heavy atom. The van der Waals surface area contributed by atoms with Crippen LogP contribution in [0.1, 0.15) is 83.1 Å². The van der Waals surface area contributed by atoms with E-state index in [9.17, 15) is 4.79 Å². The number of hydrogen-bond donors (Lipinski definition) is 0. The van der Waals surface area contributed by atoms with Crippen LogP contribution >= 0.6 is 0 Å². The highest BCUT2D eigenvalue weighted by atomic mass is 16.2. The van der Waals surface area contributed by atoms with Crippen molar-refractivity contribution in [2.24, 2.45) is 0 Å². The molecule has 1 aliphatic rings. The van der Waals surface area contributed by atoms with E-state index in [-0.39, 0.29) is 23.0 Å². The zero-order chi connectivity index (χ0) is 16.3. The Morgan fingerprint density at radius 1 is 1.00 bits per heavy atom. The topological polar surface area (TPSA) is 38.1 Å². The molecule has 0 bridgehead atoms. The van der Waals surface area contributed by atoms with Crippen LogP contribution in [-0.4, -0.2) is 32.2 Å². The minimum Gasteiger partial charge on any atom is -0.327 e. The maximum Gasteiger partial charge on any atom is 0.273 e. The summed E-state index contributed by atoms with van der Waals surface area (Å²) in [6.45, 7) is 19.1. The van der Waals surface area contributed by atoms with Crippen LogP contribution in [0.25, 0.3) is 0 Å². The van der Waals surface area contributed by atoms with Crippen molar-refractivity contribution < 1.29 is 4.79 Å². The van der Waals surface area contributed by atoms with Gasteiger partial charge in [-0.25, -0.2) is 0 Å². The SMILES string of the molecule is Cc1c(C(C)C)nn2c1C(=O)N(C(C)C)C(C)(C)C2(C)C. The minimum absolute atomic E-state index is 0.103. The van der Waals surface area contributed by atoms with Gasteiger partial charge in [-0.15, -0.1) is 0 Å². The molecule has 1 aromatic rings. The second-order valence-corrected chi connectivity index (χ2v) is 7.81. The Hall–Kier alpha value is -1.32. The molecule has 0 atom stereocenters. The van der Waals surface area contributed by atoms with Gasteiger partial charge in [0.1, 0.15) is 5.69 Å². The summed E-state index contributed by atoms with van der Waals surface area (Å²) in [5.41, 5.74) is 2.28. The number of fused-ring (bicyclic) bond motifs is 1. The maximum atomic E-state index is 13.1. The lowest BCUT2D eigenvalue weighted by molar-refractivity contribution is -0.0191. The van der Waals surface area contributed by atoms with Crippen LogP contribution in [0.15, 0.2) is 0 Å². The van der Waals surface area contributed by atoms with Crippen molar-refractivity contribution in [2.45, 2.75) is 85.4 Å². The Kier molecular flexibility index (Phi) is 3.51. The van der Waals surface area contributed by atoms with Gasteiger partial charge < -0.3 is 4.90 Å². The molecule has 0 saturated carbocycles. The van der Waals surface area contributed by atoms with Gasteiger partial charge >= 0.3 is 0 Å². The van der Waals surface area contributed by atoms with E-state index < -0.39 is 0 Å². The summed E-state index contributed by atoms with van der Waals surface area (Å²) >= 11 is 0. The van der Waals surface area contributed by atoms with Crippen molar-refractivity contribution >= 4 is 5.91 Å². The van der Waals surface area contributed by atoms with Gasteiger partial charge in [-0.2, -0.15) is 5.10 Å². The van der Waals surface area contributed by atoms with E-state index in [0.29, 0.717) is 5.92 Å². The van der Waals surface area contributed by atoms with E-state index >= 15 is 0 Å². The molecule has 0 radical (unpaired) electrons. The van der Waals surface area contributed by atoms with Gasteiger partial charge in [-0.05, 0) is 54.4 Å². The summed E-state index contributed by atoms with van der Waals surface area (Å²) in [5, 5.41) is 4.81. The van der Waals surface area contributed by atoms with Crippen LogP contribution in [0.2, 0.25) is 0 Å². The van der Waals surface area contributed by atoms with E-state index in [2.05, 4.69) is 55.4 Å². The predicted octanol–water partition coefficient (Wildman–Crippen LogP) is 3.69. The minimum atomic E-state index is -0.294. The average Bonchev–Trinajstić information content (AvgIpc) is 2.65. The molecule has 1 amide bonds. The molecular formula is C17H29N3O. The highest BCUT2D eigenvalue weighted by Crippen LogP contribution is 2.43. The highest BCUT2D eigenvalue weighted by molar-refractivity contribution is 5.96. The zero-order valence-electron chi connectivity index (χ0n) is 14.9. The van der Waals surface area contributed by atoms with Gasteiger partial charge in [-0.3, -0.25) is 9.48 Å². The van der Waals surface area contributed by atoms with E-state index in [1.807, 2.05) is 16.5 Å². The van der Waals surface area contributed by atoms with Crippen molar-refractivity contribution in [2.75, 3.05) is 0 Å². The van der Waals surface area contributed by atoms with Gasteiger partial charge in [0.25, 0.3) is 5.91 Å². The molecule has 4 heteroatoms. The molecule has 1 aliphatic heterocycles. The summed E-state index contributed by atoms with van der Waals surface area (Å²) in [5.74, 6) is 0.425. The first-order valence-corrected chi connectivity index (χ1v) is 7.88. The Morgan fingerprint density at radius 2 is 1.52 bits per heavy atom. The summed E-state index contributed by atoms with van der Waals surface area (Å²) in [4.78, 5) is 15.1. The smallest absolute Gasteiger partial charge is 0.273 e. The fourth-order valence-corrected chi connectivity index (χ4v) is 3.52. The fourth-order valence-electron chi connectivity index (χ4n) is 3.52. The van der Waals surface area contributed by atoms with Crippen LogP contribution in [-0.2, 0) is 5.54 Å². The monoisotopic (exact) mass is 291 g/mol. The lowest BCUT2D eigenvalue weighted by Gasteiger charge is -2.54. The van der Waals surface area contributed by atoms with Crippen molar-refractivity contribution in [1.82, 2.24) is 14.7 Å². The van der Waals surface area contributed by atoms with Crippen LogP contribution in [0.4, 0.5) is 0 Å². The molecule has 1 aromatic heterocycles. The normalized spacial score (nSPS) is 20.3. The summed E-state index contributed by atoms with van der Waals surface area (Å²) in [6.07, 6.45) is 0. The molecule has 2 heterocycles. The van der Waals surface area contributed by atoms with Gasteiger partial charge in [0.2, 0.25) is 0 Å². The Labute approximate surface area is 128 Å². The zero-order valence-corrected chi connectivity index (χ0v) is 14.9. The van der Waals surface area contributed by atoms with Crippen LogP contribution in [0.5, 0.6) is 0 Å². The van der Waals surface area contributed by atoms with E-state index in [1.54, 1.807) is 0 Å². The number of carbonyl (C=O) groups is 1. The average molecular weight is 291 g/mol. The molecule has 4 nitrogen and oxygen atoms in total. The molecule has 0 unspecified atom stereocenters. The number of aromatic nitrogens is 2. The first kappa shape index (κ1) is 16.1. The Balaban J connectivity index is 2.78. The second-order valence-electron chi connectivity index (χ2n) is 7.81. The molecule has 0 spiro atoms. The van der Waals surface area contributed by atoms with Gasteiger partial charge in [0, 0.05) is 11.6 Å². The van der Waals surface area contributed by atoms with Crippen molar-refractivity contribution in [1.29, 1.82) is 0 Å². The molecule has 0 saturated heterocycles. The number of carbonyl (C=O) groups excluding carboxylic acids is 1. The third-order valence-electron chi connectivity index (χ3n) is 5.27. The quantitative estimate of drug-likeness (QED) is 0.833. The van der Waals surface area contributed by atoms with Gasteiger partial charge in [0.15, 0.2) is 0 Å². The largest absolute Gasteiger partial charge is 0.327 e. The van der Waals surface area contributed by atoms with Gasteiger partial charge in [-0.1, -0.05) is 13.8 Å². The molecule has 0 fully saturated rings. The summed E-state index contributed by atoms with van der Waals surface area (Å²) < 4.78 is 1.97. The lowest BCUT2D eigenvalue weighted by Crippen LogP contribution is -2.67. The molecule has 2 rings (SSSR count). The van der Waals surface area contributed by atoms with Crippen molar-refractivity contribution in [3.05, 3.63) is 17.0 Å². The molecule has 0 aliphatic carbocycles. The third kappa shape index (κ3) is 1.95. The first-order chi connectivity index (χ1) is 9.44.